The molecule has 0 aliphatic carbocycles. The van der Waals surface area contributed by atoms with Crippen molar-refractivity contribution in [3.05, 3.63) is 91.0 Å². The lowest BCUT2D eigenvalue weighted by Crippen LogP contribution is -2.68. The van der Waals surface area contributed by atoms with Crippen LogP contribution in [0, 0.1) is 0 Å². The third-order valence-corrected chi connectivity index (χ3v) is 13.0. The Bertz CT molecular complexity index is 1130. The number of aliphatic hydroxyl groups excluding tert-OH is 2. The van der Waals surface area contributed by atoms with E-state index in [-0.39, 0.29) is 11.6 Å². The summed E-state index contributed by atoms with van der Waals surface area (Å²) < 4.78 is 18.7. The van der Waals surface area contributed by atoms with Crippen molar-refractivity contribution in [3.8, 4) is 0 Å². The first-order valence-electron chi connectivity index (χ1n) is 12.8. The second kappa shape index (κ2) is 12.2. The minimum absolute atomic E-state index is 0.0597. The number of carbonyl (C=O) groups excluding carboxylic acids is 1. The van der Waals surface area contributed by atoms with E-state index >= 15 is 0 Å². The molecule has 1 heterocycles. The first kappa shape index (κ1) is 28.5. The van der Waals surface area contributed by atoms with Gasteiger partial charge in [0.25, 0.3) is 8.32 Å². The molecule has 0 aromatic heterocycles. The lowest BCUT2D eigenvalue weighted by molar-refractivity contribution is -0.217. The van der Waals surface area contributed by atoms with Gasteiger partial charge in [-0.15, -0.1) is 0 Å². The van der Waals surface area contributed by atoms with E-state index in [1.54, 1.807) is 0 Å². The van der Waals surface area contributed by atoms with E-state index in [0.717, 1.165) is 15.3 Å². The van der Waals surface area contributed by atoms with E-state index in [0.29, 0.717) is 0 Å². The summed E-state index contributed by atoms with van der Waals surface area (Å²) in [6, 6.07) is 30.0. The first-order valence-corrected chi connectivity index (χ1v) is 15.6. The number of hydrogen-bond acceptors (Lipinski definition) is 7. The number of ether oxygens (including phenoxy) is 2. The Labute approximate surface area is 230 Å². The van der Waals surface area contributed by atoms with Gasteiger partial charge in [0, 0.05) is 11.8 Å². The van der Waals surface area contributed by atoms with Gasteiger partial charge in [-0.3, -0.25) is 4.79 Å². The summed E-state index contributed by atoms with van der Waals surface area (Å²) in [6.45, 7) is 7.87. The molecule has 1 aliphatic heterocycles. The molecule has 1 saturated heterocycles. The SMILES string of the molecule is CC(=O)O[C@@H]1[C@@H](O)[C@@H](O)[C@@H](CO[Si](c2ccccc2)(c2ccccc2)C(C)(C)C)O[C@H]1Sc1ccccc1. The van der Waals surface area contributed by atoms with Crippen molar-refractivity contribution >= 4 is 36.4 Å². The molecule has 0 saturated carbocycles. The fourth-order valence-corrected chi connectivity index (χ4v) is 10.8. The van der Waals surface area contributed by atoms with Crippen molar-refractivity contribution in [2.24, 2.45) is 0 Å². The highest BCUT2D eigenvalue weighted by molar-refractivity contribution is 7.99. The average Bonchev–Trinajstić information content (AvgIpc) is 2.90. The summed E-state index contributed by atoms with van der Waals surface area (Å²) in [7, 11) is -2.89. The predicted molar refractivity (Wildman–Crippen MR) is 152 cm³/mol. The summed E-state index contributed by atoms with van der Waals surface area (Å²) in [4.78, 5) is 12.7. The van der Waals surface area contributed by atoms with Gasteiger partial charge in [0.1, 0.15) is 23.7 Å². The lowest BCUT2D eigenvalue weighted by atomic mass is 10.0. The Morgan fingerprint density at radius 2 is 1.37 bits per heavy atom. The van der Waals surface area contributed by atoms with Crippen LogP contribution in [0.3, 0.4) is 0 Å². The maximum absolute atomic E-state index is 11.8. The lowest BCUT2D eigenvalue weighted by Gasteiger charge is -2.46. The molecule has 0 spiro atoms. The molecular weight excluding hydrogens is 516 g/mol. The maximum atomic E-state index is 11.8. The molecule has 1 aliphatic rings. The predicted octanol–water partition coefficient (Wildman–Crippen LogP) is 3.73. The number of rotatable bonds is 8. The highest BCUT2D eigenvalue weighted by Gasteiger charge is 2.52. The minimum Gasteiger partial charge on any atom is -0.456 e. The Kier molecular flexibility index (Phi) is 9.13. The molecule has 6 nitrogen and oxygen atoms in total. The zero-order chi connectivity index (χ0) is 27.3. The molecule has 3 aromatic carbocycles. The molecule has 0 radical (unpaired) electrons. The second-order valence-corrected chi connectivity index (χ2v) is 16.0. The third-order valence-electron chi connectivity index (χ3n) is 6.82. The quantitative estimate of drug-likeness (QED) is 0.325. The average molecular weight is 553 g/mol. The number of esters is 1. The Morgan fingerprint density at radius 1 is 0.868 bits per heavy atom. The van der Waals surface area contributed by atoms with E-state index in [2.05, 4.69) is 45.0 Å². The number of carbonyl (C=O) groups is 1. The Hall–Kier alpha value is -2.46. The molecule has 4 rings (SSSR count). The summed E-state index contributed by atoms with van der Waals surface area (Å²) in [5, 5.41) is 24.1. The van der Waals surface area contributed by atoms with Gasteiger partial charge in [0.15, 0.2) is 6.10 Å². The summed E-state index contributed by atoms with van der Waals surface area (Å²) in [5.74, 6) is -0.550. The van der Waals surface area contributed by atoms with E-state index in [1.165, 1.54) is 18.7 Å². The summed E-state index contributed by atoms with van der Waals surface area (Å²) >= 11 is 1.34. The largest absolute Gasteiger partial charge is 0.456 e. The summed E-state index contributed by atoms with van der Waals surface area (Å²) in [6.07, 6.45) is -4.50. The molecule has 8 heteroatoms. The topological polar surface area (TPSA) is 85.2 Å². The second-order valence-electron chi connectivity index (χ2n) is 10.5. The van der Waals surface area contributed by atoms with Crippen LogP contribution in [0.1, 0.15) is 27.7 Å². The molecule has 5 atom stereocenters. The van der Waals surface area contributed by atoms with Crippen molar-refractivity contribution < 1.29 is 28.9 Å². The third kappa shape index (κ3) is 6.06. The van der Waals surface area contributed by atoms with Crippen molar-refractivity contribution in [1.29, 1.82) is 0 Å². The molecule has 3 aromatic rings. The molecular formula is C30H36O6SSi. The first-order chi connectivity index (χ1) is 18.1. The van der Waals surface area contributed by atoms with Crippen LogP contribution in [0.2, 0.25) is 5.04 Å². The van der Waals surface area contributed by atoms with Crippen molar-refractivity contribution in [1.82, 2.24) is 0 Å². The molecule has 0 bridgehead atoms. The van der Waals surface area contributed by atoms with Crippen LogP contribution in [0.4, 0.5) is 0 Å². The van der Waals surface area contributed by atoms with Crippen LogP contribution in [0.15, 0.2) is 95.9 Å². The molecule has 1 fully saturated rings. The molecule has 2 N–H and O–H groups in total. The van der Waals surface area contributed by atoms with E-state index < -0.39 is 44.1 Å². The zero-order valence-corrected chi connectivity index (χ0v) is 24.0. The highest BCUT2D eigenvalue weighted by atomic mass is 32.2. The van der Waals surface area contributed by atoms with Gasteiger partial charge in [-0.2, -0.15) is 0 Å². The standard InChI is InChI=1S/C30H36O6SSi/c1-21(31)35-28-27(33)26(32)25(36-29(28)37-22-14-8-5-9-15-22)20-34-38(30(2,3)4,23-16-10-6-11-17-23)24-18-12-7-13-19-24/h5-19,25-29,32-33H,20H2,1-4H3/t25-,26+,27+,28-,29+/m1/s1. The minimum atomic E-state index is -2.89. The molecule has 0 unspecified atom stereocenters. The van der Waals surface area contributed by atoms with E-state index in [4.69, 9.17) is 13.9 Å². The number of hydrogen-bond donors (Lipinski definition) is 2. The van der Waals surface area contributed by atoms with Crippen molar-refractivity contribution in [2.75, 3.05) is 6.61 Å². The van der Waals surface area contributed by atoms with Gasteiger partial charge in [0.2, 0.25) is 0 Å². The van der Waals surface area contributed by atoms with Gasteiger partial charge < -0.3 is 24.1 Å². The van der Waals surface area contributed by atoms with Gasteiger partial charge in [-0.05, 0) is 27.5 Å². The van der Waals surface area contributed by atoms with Crippen LogP contribution in [-0.4, -0.2) is 61.0 Å². The molecule has 202 valence electrons. The highest BCUT2D eigenvalue weighted by Crippen LogP contribution is 2.39. The van der Waals surface area contributed by atoms with E-state index in [1.807, 2.05) is 66.7 Å². The van der Waals surface area contributed by atoms with Crippen LogP contribution >= 0.6 is 11.8 Å². The van der Waals surface area contributed by atoms with Gasteiger partial charge in [-0.1, -0.05) is 111 Å². The van der Waals surface area contributed by atoms with Crippen LogP contribution in [0.25, 0.3) is 0 Å². The number of aliphatic hydroxyl groups is 2. The van der Waals surface area contributed by atoms with E-state index in [9.17, 15) is 15.0 Å². The monoisotopic (exact) mass is 552 g/mol. The van der Waals surface area contributed by atoms with Crippen LogP contribution in [-0.2, 0) is 18.7 Å². The van der Waals surface area contributed by atoms with Crippen molar-refractivity contribution in [2.45, 2.75) is 67.5 Å². The molecule has 38 heavy (non-hydrogen) atoms. The normalized spacial score (nSPS) is 24.1. The van der Waals surface area contributed by atoms with Gasteiger partial charge in [0.05, 0.1) is 6.61 Å². The van der Waals surface area contributed by atoms with Crippen molar-refractivity contribution in [3.63, 3.8) is 0 Å². The fraction of sp³-hybridized carbons (Fsp3) is 0.367. The molecule has 0 amide bonds. The Balaban J connectivity index is 1.67. The summed E-state index contributed by atoms with van der Waals surface area (Å²) in [5.41, 5.74) is -0.729. The van der Waals surface area contributed by atoms with Crippen LogP contribution in [0.5, 0.6) is 0 Å². The van der Waals surface area contributed by atoms with Gasteiger partial charge in [-0.25, -0.2) is 0 Å². The number of benzene rings is 3. The maximum Gasteiger partial charge on any atom is 0.303 e. The number of thioether (sulfide) groups is 1. The zero-order valence-electron chi connectivity index (χ0n) is 22.2. The van der Waals surface area contributed by atoms with Crippen LogP contribution < -0.4 is 10.4 Å². The van der Waals surface area contributed by atoms with Gasteiger partial charge >= 0.3 is 5.97 Å². The Morgan fingerprint density at radius 3 is 1.84 bits per heavy atom. The smallest absolute Gasteiger partial charge is 0.303 e. The fourth-order valence-electron chi connectivity index (χ4n) is 5.06.